The zero-order valence-corrected chi connectivity index (χ0v) is 9.04. The molecule has 0 aromatic rings. The summed E-state index contributed by atoms with van der Waals surface area (Å²) in [5.41, 5.74) is 0. The maximum absolute atomic E-state index is 10.6. The summed E-state index contributed by atoms with van der Waals surface area (Å²) in [5.74, 6) is -0.113. The van der Waals surface area contributed by atoms with Crippen LogP contribution in [0.2, 0.25) is 0 Å². The quantitative estimate of drug-likeness (QED) is 0.410. The van der Waals surface area contributed by atoms with E-state index in [2.05, 4.69) is 3.53 Å². The number of hydrogen-bond donors (Lipinski definition) is 2. The molecule has 0 aliphatic carbocycles. The number of carbonyl (C=O) groups is 1. The second kappa shape index (κ2) is 9.21. The van der Waals surface area contributed by atoms with Gasteiger partial charge in [0.15, 0.2) is 0 Å². The van der Waals surface area contributed by atoms with Crippen molar-refractivity contribution in [2.24, 2.45) is 0 Å². The van der Waals surface area contributed by atoms with E-state index in [1.807, 2.05) is 0 Å². The second-order valence-electron chi connectivity index (χ2n) is 2.35. The third kappa shape index (κ3) is 8.22. The van der Waals surface area contributed by atoms with Crippen molar-refractivity contribution in [3.8, 4) is 0 Å². The molecule has 0 aliphatic rings. The van der Waals surface area contributed by atoms with Gasteiger partial charge in [0.2, 0.25) is 0 Å². The van der Waals surface area contributed by atoms with Gasteiger partial charge in [-0.05, 0) is 19.3 Å². The van der Waals surface area contributed by atoms with Gasteiger partial charge in [0.05, 0.1) is 22.9 Å². The van der Waals surface area contributed by atoms with Crippen LogP contribution < -0.4 is 3.53 Å². The zero-order valence-electron chi connectivity index (χ0n) is 6.88. The van der Waals surface area contributed by atoms with Crippen LogP contribution in [0, 0.1) is 0 Å². The SMILES string of the molecule is O=C(COCCCCCO)NI. The molecule has 0 aromatic heterocycles. The summed E-state index contributed by atoms with van der Waals surface area (Å²) >= 11 is 1.78. The second-order valence-corrected chi connectivity index (χ2v) is 2.89. The molecule has 0 saturated heterocycles. The molecule has 0 radical (unpaired) electrons. The smallest absolute Gasteiger partial charge is 0.254 e. The minimum atomic E-state index is -0.113. The minimum absolute atomic E-state index is 0.113. The molecule has 12 heavy (non-hydrogen) atoms. The molecule has 0 unspecified atom stereocenters. The molecule has 0 rings (SSSR count). The number of ether oxygens (including phenoxy) is 1. The Bertz CT molecular complexity index is 121. The molecule has 0 bridgehead atoms. The van der Waals surface area contributed by atoms with Crippen molar-refractivity contribution in [2.45, 2.75) is 19.3 Å². The maximum Gasteiger partial charge on any atom is 0.254 e. The lowest BCUT2D eigenvalue weighted by Gasteiger charge is -2.01. The fraction of sp³-hybridized carbons (Fsp3) is 0.857. The van der Waals surface area contributed by atoms with Crippen molar-refractivity contribution in [3.63, 3.8) is 0 Å². The Hall–Kier alpha value is 0.120. The summed E-state index contributed by atoms with van der Waals surface area (Å²) in [7, 11) is 0. The van der Waals surface area contributed by atoms with E-state index in [0.29, 0.717) is 6.61 Å². The third-order valence-electron chi connectivity index (χ3n) is 1.29. The van der Waals surface area contributed by atoms with Gasteiger partial charge in [-0.3, -0.25) is 8.32 Å². The lowest BCUT2D eigenvalue weighted by Crippen LogP contribution is -2.18. The van der Waals surface area contributed by atoms with Crippen LogP contribution in [0.1, 0.15) is 19.3 Å². The predicted molar refractivity (Wildman–Crippen MR) is 53.9 cm³/mol. The molecule has 0 aromatic carbocycles. The standard InChI is InChI=1S/C7H14INO3/c8-9-7(11)6-12-5-3-1-2-4-10/h10H,1-6H2,(H,9,11). The van der Waals surface area contributed by atoms with E-state index >= 15 is 0 Å². The summed E-state index contributed by atoms with van der Waals surface area (Å²) < 4.78 is 7.47. The van der Waals surface area contributed by atoms with Crippen molar-refractivity contribution in [2.75, 3.05) is 19.8 Å². The van der Waals surface area contributed by atoms with Gasteiger partial charge in [-0.1, -0.05) is 0 Å². The molecule has 0 spiro atoms. The van der Waals surface area contributed by atoms with Crippen molar-refractivity contribution in [1.29, 1.82) is 0 Å². The number of rotatable bonds is 7. The Labute approximate surface area is 86.2 Å². The van der Waals surface area contributed by atoms with Crippen LogP contribution in [0.25, 0.3) is 0 Å². The highest BCUT2D eigenvalue weighted by Gasteiger charge is 1.96. The highest BCUT2D eigenvalue weighted by Crippen LogP contribution is 1.94. The zero-order chi connectivity index (χ0) is 9.23. The van der Waals surface area contributed by atoms with Gasteiger partial charge in [0.1, 0.15) is 6.61 Å². The van der Waals surface area contributed by atoms with Crippen molar-refractivity contribution in [3.05, 3.63) is 0 Å². The average molecular weight is 287 g/mol. The lowest BCUT2D eigenvalue weighted by atomic mass is 10.2. The van der Waals surface area contributed by atoms with Gasteiger partial charge < -0.3 is 9.84 Å². The number of unbranched alkanes of at least 4 members (excludes halogenated alkanes) is 2. The van der Waals surface area contributed by atoms with Gasteiger partial charge in [-0.25, -0.2) is 0 Å². The van der Waals surface area contributed by atoms with E-state index in [1.54, 1.807) is 22.9 Å². The Morgan fingerprint density at radius 1 is 1.42 bits per heavy atom. The number of amides is 1. The minimum Gasteiger partial charge on any atom is -0.396 e. The maximum atomic E-state index is 10.6. The molecule has 1 amide bonds. The fourth-order valence-electron chi connectivity index (χ4n) is 0.685. The Balaban J connectivity index is 2.95. The van der Waals surface area contributed by atoms with Gasteiger partial charge in [-0.2, -0.15) is 0 Å². The molecule has 0 heterocycles. The van der Waals surface area contributed by atoms with E-state index in [0.717, 1.165) is 19.3 Å². The first kappa shape index (κ1) is 12.1. The van der Waals surface area contributed by atoms with E-state index in [9.17, 15) is 4.79 Å². The van der Waals surface area contributed by atoms with Crippen molar-refractivity contribution >= 4 is 28.8 Å². The molecule has 0 saturated carbocycles. The number of hydrogen-bond acceptors (Lipinski definition) is 3. The van der Waals surface area contributed by atoms with E-state index in [1.165, 1.54) is 0 Å². The highest BCUT2D eigenvalue weighted by molar-refractivity contribution is 14.1. The molecular weight excluding hydrogens is 273 g/mol. The predicted octanol–water partition coefficient (Wildman–Crippen LogP) is 0.632. The molecule has 5 heteroatoms. The number of carbonyl (C=O) groups excluding carboxylic acids is 1. The van der Waals surface area contributed by atoms with Crippen LogP contribution in [-0.2, 0) is 9.53 Å². The van der Waals surface area contributed by atoms with Crippen LogP contribution in [0.3, 0.4) is 0 Å². The number of aliphatic hydroxyl groups excluding tert-OH is 1. The topological polar surface area (TPSA) is 58.6 Å². The first-order valence-corrected chi connectivity index (χ1v) is 4.97. The van der Waals surface area contributed by atoms with Crippen LogP contribution in [0.4, 0.5) is 0 Å². The van der Waals surface area contributed by atoms with E-state index in [-0.39, 0.29) is 19.1 Å². The molecular formula is C7H14INO3. The summed E-state index contributed by atoms with van der Waals surface area (Å²) in [4.78, 5) is 10.6. The molecule has 0 atom stereocenters. The highest BCUT2D eigenvalue weighted by atomic mass is 127. The number of nitrogens with one attached hydrogen (secondary N) is 1. The van der Waals surface area contributed by atoms with Crippen LogP contribution in [0.15, 0.2) is 0 Å². The Kier molecular flexibility index (Phi) is 9.30. The molecule has 72 valence electrons. The third-order valence-corrected chi connectivity index (χ3v) is 1.89. The number of aliphatic hydroxyl groups is 1. The van der Waals surface area contributed by atoms with Crippen molar-refractivity contribution < 1.29 is 14.6 Å². The van der Waals surface area contributed by atoms with Crippen molar-refractivity contribution in [1.82, 2.24) is 3.53 Å². The van der Waals surface area contributed by atoms with Gasteiger partial charge in [0.25, 0.3) is 5.91 Å². The molecule has 0 aliphatic heterocycles. The molecule has 4 nitrogen and oxygen atoms in total. The Morgan fingerprint density at radius 2 is 2.17 bits per heavy atom. The normalized spacial score (nSPS) is 9.83. The van der Waals surface area contributed by atoms with Gasteiger partial charge in [-0.15, -0.1) is 0 Å². The van der Waals surface area contributed by atoms with Crippen LogP contribution in [-0.4, -0.2) is 30.8 Å². The Morgan fingerprint density at radius 3 is 2.75 bits per heavy atom. The van der Waals surface area contributed by atoms with Gasteiger partial charge >= 0.3 is 0 Å². The first-order valence-electron chi connectivity index (χ1n) is 3.89. The fourth-order valence-corrected chi connectivity index (χ4v) is 0.841. The summed E-state index contributed by atoms with van der Waals surface area (Å²) in [5, 5.41) is 8.44. The van der Waals surface area contributed by atoms with E-state index in [4.69, 9.17) is 9.84 Å². The van der Waals surface area contributed by atoms with Gasteiger partial charge in [0, 0.05) is 13.2 Å². The molecule has 2 N–H and O–H groups in total. The first-order chi connectivity index (χ1) is 5.81. The van der Waals surface area contributed by atoms with E-state index < -0.39 is 0 Å². The lowest BCUT2D eigenvalue weighted by molar-refractivity contribution is -0.123. The van der Waals surface area contributed by atoms with Crippen LogP contribution >= 0.6 is 22.9 Å². The summed E-state index contributed by atoms with van der Waals surface area (Å²) in [6.07, 6.45) is 2.65. The monoisotopic (exact) mass is 287 g/mol. The van der Waals surface area contributed by atoms with Crippen LogP contribution in [0.5, 0.6) is 0 Å². The number of halogens is 1. The molecule has 0 fully saturated rings. The summed E-state index contributed by atoms with van der Waals surface area (Å²) in [6.45, 7) is 0.945. The largest absolute Gasteiger partial charge is 0.396 e. The average Bonchev–Trinajstić information content (AvgIpc) is 2.10. The summed E-state index contributed by atoms with van der Waals surface area (Å²) in [6, 6.07) is 0.